The van der Waals surface area contributed by atoms with E-state index in [0.29, 0.717) is 10.6 Å². The molecule has 1 aromatic rings. The average molecular weight is 377 g/mol. The van der Waals surface area contributed by atoms with Crippen molar-refractivity contribution in [2.45, 2.75) is 77.4 Å². The maximum Gasteiger partial charge on any atom is 0.361 e. The standard InChI is InChI=1S/C19H29N4O4/c1-18(2,3)25-19(4)21-13-7-6-10-22(12-13)17-14-8-5-9-15(14)20-11-16(17)23(24)27-26-19/h11,13,21H,5-10,12H2,1-4H3/q+1/t13-,19?/m0/s1. The van der Waals surface area contributed by atoms with Gasteiger partial charge in [-0.3, -0.25) is 10.3 Å². The lowest BCUT2D eigenvalue weighted by Gasteiger charge is -2.41. The molecule has 1 N–H and O–H groups in total. The predicted octanol–water partition coefficient (Wildman–Crippen LogP) is 2.90. The molecular weight excluding hydrogens is 348 g/mol. The van der Waals surface area contributed by atoms with Gasteiger partial charge in [-0.1, -0.05) is 4.89 Å². The average Bonchev–Trinajstić information content (AvgIpc) is 3.05. The molecule has 0 aromatic carbocycles. The first-order valence-electron chi connectivity index (χ1n) is 9.81. The molecule has 0 radical (unpaired) electrons. The lowest BCUT2D eigenvalue weighted by atomic mass is 10.0. The van der Waals surface area contributed by atoms with Gasteiger partial charge >= 0.3 is 5.69 Å². The van der Waals surface area contributed by atoms with Crippen molar-refractivity contribution < 1.29 is 19.5 Å². The first-order valence-corrected chi connectivity index (χ1v) is 9.81. The monoisotopic (exact) mass is 377 g/mol. The molecule has 1 fully saturated rings. The zero-order valence-electron chi connectivity index (χ0n) is 16.6. The van der Waals surface area contributed by atoms with Crippen molar-refractivity contribution >= 4 is 11.4 Å². The van der Waals surface area contributed by atoms with E-state index in [-0.39, 0.29) is 6.04 Å². The second-order valence-corrected chi connectivity index (χ2v) is 8.78. The van der Waals surface area contributed by atoms with E-state index in [4.69, 9.17) is 14.6 Å². The summed E-state index contributed by atoms with van der Waals surface area (Å²) in [6.07, 6.45) is 6.62. The van der Waals surface area contributed by atoms with E-state index >= 15 is 0 Å². The second-order valence-electron chi connectivity index (χ2n) is 8.78. The Labute approximate surface area is 159 Å². The first-order chi connectivity index (χ1) is 12.7. The number of rotatable bonds is 1. The summed E-state index contributed by atoms with van der Waals surface area (Å²) < 4.78 is 6.04. The van der Waals surface area contributed by atoms with Gasteiger partial charge in [0.15, 0.2) is 0 Å². The van der Waals surface area contributed by atoms with Crippen molar-refractivity contribution in [2.24, 2.45) is 0 Å². The summed E-state index contributed by atoms with van der Waals surface area (Å²) in [4.78, 5) is 30.6. The molecule has 3 heterocycles. The molecule has 1 unspecified atom stereocenters. The number of fused-ring (bicyclic) bond motifs is 6. The highest BCUT2D eigenvalue weighted by molar-refractivity contribution is 5.69. The van der Waals surface area contributed by atoms with E-state index in [1.165, 1.54) is 5.56 Å². The third kappa shape index (κ3) is 3.79. The minimum Gasteiger partial charge on any atom is -0.364 e. The molecule has 0 amide bonds. The number of anilines is 1. The summed E-state index contributed by atoms with van der Waals surface area (Å²) in [5.41, 5.74) is 3.14. The van der Waals surface area contributed by atoms with Gasteiger partial charge in [-0.2, -0.15) is 0 Å². The first kappa shape index (κ1) is 18.6. The number of pyridine rings is 1. The normalized spacial score (nSPS) is 28.4. The minimum absolute atomic E-state index is 0.158. The van der Waals surface area contributed by atoms with E-state index in [9.17, 15) is 4.91 Å². The van der Waals surface area contributed by atoms with Crippen LogP contribution in [0.15, 0.2) is 6.20 Å². The number of nitrogens with zero attached hydrogens (tertiary/aromatic N) is 3. The molecule has 148 valence electrons. The lowest BCUT2D eigenvalue weighted by Crippen LogP contribution is -2.59. The van der Waals surface area contributed by atoms with Crippen molar-refractivity contribution in [3.8, 4) is 0 Å². The van der Waals surface area contributed by atoms with E-state index in [0.717, 1.165) is 56.6 Å². The highest BCUT2D eigenvalue weighted by atomic mass is 17.3. The third-order valence-electron chi connectivity index (χ3n) is 5.23. The molecule has 3 aliphatic rings. The number of hydrogen-bond acceptors (Lipinski definition) is 7. The Morgan fingerprint density at radius 1 is 1.37 bits per heavy atom. The van der Waals surface area contributed by atoms with Gasteiger partial charge in [0, 0.05) is 37.3 Å². The number of piperidine rings is 1. The van der Waals surface area contributed by atoms with Crippen LogP contribution in [0.2, 0.25) is 0 Å². The Bertz CT molecular complexity index is 748. The van der Waals surface area contributed by atoms with Crippen molar-refractivity contribution in [1.29, 1.82) is 0 Å². The van der Waals surface area contributed by atoms with Crippen LogP contribution in [0.3, 0.4) is 0 Å². The van der Waals surface area contributed by atoms with E-state index < -0.39 is 11.5 Å². The van der Waals surface area contributed by atoms with Crippen molar-refractivity contribution in [2.75, 3.05) is 18.0 Å². The number of aryl methyl sites for hydroxylation is 1. The van der Waals surface area contributed by atoms with Crippen LogP contribution in [0.5, 0.6) is 0 Å². The molecule has 2 bridgehead atoms. The van der Waals surface area contributed by atoms with Crippen LogP contribution >= 0.6 is 0 Å². The van der Waals surface area contributed by atoms with Crippen LogP contribution in [-0.4, -0.2) is 40.6 Å². The van der Waals surface area contributed by atoms with Crippen LogP contribution in [0.1, 0.15) is 58.2 Å². The van der Waals surface area contributed by atoms with Crippen molar-refractivity contribution in [1.82, 2.24) is 10.3 Å². The number of nitrogens with one attached hydrogen (secondary N) is 1. The van der Waals surface area contributed by atoms with Gasteiger partial charge in [-0.05, 0) is 57.9 Å². The molecule has 2 atom stereocenters. The third-order valence-corrected chi connectivity index (χ3v) is 5.23. The van der Waals surface area contributed by atoms with Crippen LogP contribution in [-0.2, 0) is 27.5 Å². The van der Waals surface area contributed by atoms with Gasteiger partial charge in [-0.25, -0.2) is 0 Å². The Hall–Kier alpha value is -1.77. The summed E-state index contributed by atoms with van der Waals surface area (Å²) in [6, 6.07) is 0.158. The molecule has 0 saturated carbocycles. The predicted molar refractivity (Wildman–Crippen MR) is 99.3 cm³/mol. The van der Waals surface area contributed by atoms with Gasteiger partial charge in [0.05, 0.1) is 10.5 Å². The van der Waals surface area contributed by atoms with Gasteiger partial charge in [0.1, 0.15) is 11.9 Å². The molecule has 8 nitrogen and oxygen atoms in total. The number of aromatic nitrogens is 1. The van der Waals surface area contributed by atoms with Gasteiger partial charge in [0.25, 0.3) is 10.8 Å². The van der Waals surface area contributed by atoms with E-state index in [1.54, 1.807) is 13.1 Å². The summed E-state index contributed by atoms with van der Waals surface area (Å²) in [5, 5.41) is 3.41. The molecule has 4 rings (SSSR count). The second kappa shape index (κ2) is 6.68. The number of hydrogen-bond donors (Lipinski definition) is 1. The summed E-state index contributed by atoms with van der Waals surface area (Å²) in [7, 11) is 0. The quantitative estimate of drug-likeness (QED) is 0.754. The zero-order valence-corrected chi connectivity index (χ0v) is 16.6. The highest BCUT2D eigenvalue weighted by Gasteiger charge is 2.43. The Kier molecular flexibility index (Phi) is 4.60. The van der Waals surface area contributed by atoms with E-state index in [1.807, 2.05) is 20.8 Å². The maximum absolute atomic E-state index is 12.8. The topological polar surface area (TPSA) is 75.9 Å². The summed E-state index contributed by atoms with van der Waals surface area (Å²) in [5.74, 6) is -1.24. The molecule has 1 aromatic heterocycles. The molecule has 1 aliphatic carbocycles. The Balaban J connectivity index is 1.73. The molecule has 0 spiro atoms. The Morgan fingerprint density at radius 3 is 2.96 bits per heavy atom. The fourth-order valence-corrected chi connectivity index (χ4v) is 4.44. The van der Waals surface area contributed by atoms with E-state index in [2.05, 4.69) is 15.2 Å². The van der Waals surface area contributed by atoms with Crippen LogP contribution in [0, 0.1) is 4.91 Å². The van der Waals surface area contributed by atoms with Crippen molar-refractivity contribution in [3.63, 3.8) is 0 Å². The van der Waals surface area contributed by atoms with Crippen LogP contribution in [0.4, 0.5) is 11.4 Å². The Morgan fingerprint density at radius 2 is 2.19 bits per heavy atom. The molecule has 2 aliphatic heterocycles. The highest BCUT2D eigenvalue weighted by Crippen LogP contribution is 2.40. The molecule has 1 saturated heterocycles. The minimum atomic E-state index is -1.24. The fourth-order valence-electron chi connectivity index (χ4n) is 4.44. The SMILES string of the molecule is CC(C)(C)OC1(C)N[C@H]2CCCN(C2)c2c(cnc3c2CCC3)[N+](=O)OO1. The van der Waals surface area contributed by atoms with Crippen LogP contribution < -0.4 is 10.2 Å². The summed E-state index contributed by atoms with van der Waals surface area (Å²) in [6.45, 7) is 9.25. The molecular formula is C19H29N4O4+. The zero-order chi connectivity index (χ0) is 19.2. The van der Waals surface area contributed by atoms with Gasteiger partial charge in [0.2, 0.25) is 0 Å². The lowest BCUT2D eigenvalue weighted by molar-refractivity contribution is -0.857. The smallest absolute Gasteiger partial charge is 0.361 e. The van der Waals surface area contributed by atoms with Gasteiger partial charge in [-0.15, -0.1) is 0 Å². The molecule has 27 heavy (non-hydrogen) atoms. The maximum atomic E-state index is 12.8. The fraction of sp³-hybridized carbons (Fsp3) is 0.737. The van der Waals surface area contributed by atoms with Gasteiger partial charge < -0.3 is 9.64 Å². The molecule has 8 heteroatoms. The van der Waals surface area contributed by atoms with Crippen LogP contribution in [0.25, 0.3) is 0 Å². The summed E-state index contributed by atoms with van der Waals surface area (Å²) >= 11 is 0. The number of ether oxygens (including phenoxy) is 1. The largest absolute Gasteiger partial charge is 0.364 e. The van der Waals surface area contributed by atoms with Crippen molar-refractivity contribution in [3.05, 3.63) is 22.4 Å².